The Morgan fingerprint density at radius 3 is 2.88 bits per heavy atom. The fourth-order valence-electron chi connectivity index (χ4n) is 2.06. The Bertz CT molecular complexity index is 720. The van der Waals surface area contributed by atoms with Crippen LogP contribution < -0.4 is 10.1 Å². The van der Waals surface area contributed by atoms with E-state index in [2.05, 4.69) is 10.5 Å². The Kier molecular flexibility index (Phi) is 6.81. The van der Waals surface area contributed by atoms with Gasteiger partial charge in [-0.25, -0.2) is 0 Å². The third-order valence-electron chi connectivity index (χ3n) is 3.21. The highest BCUT2D eigenvalue weighted by atomic mass is 35.5. The SMILES string of the molecule is CC[C@H](C(=O)Nc1cc(C)on1)[S@](=O)CCOc1cccc(Cl)c1. The number of benzene rings is 1. The van der Waals surface area contributed by atoms with Gasteiger partial charge in [-0.2, -0.15) is 0 Å². The van der Waals surface area contributed by atoms with E-state index in [9.17, 15) is 9.00 Å². The molecule has 0 fully saturated rings. The number of hydrogen-bond acceptors (Lipinski definition) is 5. The molecule has 130 valence electrons. The maximum Gasteiger partial charge on any atom is 0.241 e. The van der Waals surface area contributed by atoms with Crippen LogP contribution in [-0.2, 0) is 15.6 Å². The second-order valence-electron chi connectivity index (χ2n) is 5.10. The molecule has 1 N–H and O–H groups in total. The number of aromatic nitrogens is 1. The molecule has 1 aromatic heterocycles. The van der Waals surface area contributed by atoms with Crippen molar-refractivity contribution >= 4 is 34.1 Å². The van der Waals surface area contributed by atoms with Crippen LogP contribution in [0.4, 0.5) is 5.82 Å². The van der Waals surface area contributed by atoms with Crippen LogP contribution in [0.15, 0.2) is 34.9 Å². The second-order valence-corrected chi connectivity index (χ2v) is 7.27. The van der Waals surface area contributed by atoms with E-state index < -0.39 is 16.0 Å². The van der Waals surface area contributed by atoms with Gasteiger partial charge in [-0.3, -0.25) is 9.00 Å². The number of carbonyl (C=O) groups excluding carboxylic acids is 1. The number of anilines is 1. The van der Waals surface area contributed by atoms with Gasteiger partial charge in [0.25, 0.3) is 0 Å². The first kappa shape index (κ1) is 18.5. The van der Waals surface area contributed by atoms with E-state index in [1.54, 1.807) is 37.3 Å². The van der Waals surface area contributed by atoms with Gasteiger partial charge in [-0.15, -0.1) is 0 Å². The number of amides is 1. The average Bonchev–Trinajstić information content (AvgIpc) is 2.93. The summed E-state index contributed by atoms with van der Waals surface area (Å²) in [7, 11) is -1.36. The van der Waals surface area contributed by atoms with Gasteiger partial charge < -0.3 is 14.6 Å². The Hall–Kier alpha value is -1.86. The maximum atomic E-state index is 12.4. The molecule has 0 saturated heterocycles. The van der Waals surface area contributed by atoms with E-state index in [1.165, 1.54) is 0 Å². The molecule has 2 atom stereocenters. The van der Waals surface area contributed by atoms with Crippen LogP contribution in [0.25, 0.3) is 0 Å². The van der Waals surface area contributed by atoms with Gasteiger partial charge >= 0.3 is 0 Å². The van der Waals surface area contributed by atoms with Crippen LogP contribution in [0.5, 0.6) is 5.75 Å². The lowest BCUT2D eigenvalue weighted by Gasteiger charge is -2.14. The Morgan fingerprint density at radius 1 is 1.46 bits per heavy atom. The van der Waals surface area contributed by atoms with Crippen molar-refractivity contribution in [3.63, 3.8) is 0 Å². The van der Waals surface area contributed by atoms with Crippen LogP contribution in [-0.4, -0.2) is 32.9 Å². The second kappa shape index (κ2) is 8.84. The molecule has 0 saturated carbocycles. The lowest BCUT2D eigenvalue weighted by atomic mass is 10.3. The largest absolute Gasteiger partial charge is 0.493 e. The number of nitrogens with zero attached hydrogens (tertiary/aromatic N) is 1. The molecule has 1 amide bonds. The predicted octanol–water partition coefficient (Wildman–Crippen LogP) is 3.18. The minimum absolute atomic E-state index is 0.236. The van der Waals surface area contributed by atoms with Gasteiger partial charge in [-0.05, 0) is 31.5 Å². The lowest BCUT2D eigenvalue weighted by molar-refractivity contribution is -0.115. The van der Waals surface area contributed by atoms with E-state index in [0.29, 0.717) is 28.8 Å². The van der Waals surface area contributed by atoms with Gasteiger partial charge in [0.1, 0.15) is 16.8 Å². The summed E-state index contributed by atoms with van der Waals surface area (Å²) in [6.45, 7) is 3.78. The van der Waals surface area contributed by atoms with Crippen molar-refractivity contribution < 1.29 is 18.3 Å². The highest BCUT2D eigenvalue weighted by Gasteiger charge is 2.24. The molecule has 2 rings (SSSR count). The predicted molar refractivity (Wildman–Crippen MR) is 93.9 cm³/mol. The minimum atomic E-state index is -1.36. The molecule has 0 bridgehead atoms. The highest BCUT2D eigenvalue weighted by molar-refractivity contribution is 7.86. The fraction of sp³-hybridized carbons (Fsp3) is 0.375. The van der Waals surface area contributed by atoms with Crippen molar-refractivity contribution in [2.75, 3.05) is 17.7 Å². The number of carbonyl (C=O) groups is 1. The minimum Gasteiger partial charge on any atom is -0.493 e. The van der Waals surface area contributed by atoms with Crippen molar-refractivity contribution in [2.24, 2.45) is 0 Å². The number of ether oxygens (including phenoxy) is 1. The van der Waals surface area contributed by atoms with Gasteiger partial charge in [0.2, 0.25) is 5.91 Å². The molecule has 24 heavy (non-hydrogen) atoms. The number of halogens is 1. The molecule has 0 spiro atoms. The zero-order chi connectivity index (χ0) is 17.5. The summed E-state index contributed by atoms with van der Waals surface area (Å²) < 4.78 is 22.8. The number of nitrogens with one attached hydrogen (secondary N) is 1. The first-order valence-electron chi connectivity index (χ1n) is 7.49. The summed E-state index contributed by atoms with van der Waals surface area (Å²) in [4.78, 5) is 12.2. The Balaban J connectivity index is 1.85. The van der Waals surface area contributed by atoms with Crippen LogP contribution in [0.3, 0.4) is 0 Å². The molecule has 1 aromatic carbocycles. The first-order valence-corrected chi connectivity index (χ1v) is 9.25. The molecule has 0 radical (unpaired) electrons. The van der Waals surface area contributed by atoms with Crippen LogP contribution in [0.2, 0.25) is 5.02 Å². The summed E-state index contributed by atoms with van der Waals surface area (Å²) in [5.74, 6) is 1.43. The summed E-state index contributed by atoms with van der Waals surface area (Å²) in [6, 6.07) is 8.58. The molecule has 0 unspecified atom stereocenters. The molecule has 0 aliphatic heterocycles. The van der Waals surface area contributed by atoms with Crippen LogP contribution >= 0.6 is 11.6 Å². The van der Waals surface area contributed by atoms with Gasteiger partial charge in [0.05, 0.1) is 12.4 Å². The van der Waals surface area contributed by atoms with E-state index in [0.717, 1.165) is 0 Å². The summed E-state index contributed by atoms with van der Waals surface area (Å²) in [5.41, 5.74) is 0. The van der Waals surface area contributed by atoms with Crippen molar-refractivity contribution in [3.05, 3.63) is 41.1 Å². The number of aryl methyl sites for hydroxylation is 1. The third-order valence-corrected chi connectivity index (χ3v) is 5.20. The average molecular weight is 371 g/mol. The molecule has 2 aromatic rings. The lowest BCUT2D eigenvalue weighted by Crippen LogP contribution is -2.33. The Morgan fingerprint density at radius 2 is 2.25 bits per heavy atom. The van der Waals surface area contributed by atoms with E-state index in [-0.39, 0.29) is 18.3 Å². The van der Waals surface area contributed by atoms with E-state index >= 15 is 0 Å². The normalized spacial score (nSPS) is 13.3. The monoisotopic (exact) mass is 370 g/mol. The molecular weight excluding hydrogens is 352 g/mol. The zero-order valence-corrected chi connectivity index (χ0v) is 15.0. The van der Waals surface area contributed by atoms with Gasteiger partial charge in [0, 0.05) is 21.9 Å². The fourth-order valence-corrected chi connectivity index (χ4v) is 3.45. The van der Waals surface area contributed by atoms with Crippen molar-refractivity contribution in [1.82, 2.24) is 5.16 Å². The molecule has 6 nitrogen and oxygen atoms in total. The quantitative estimate of drug-likeness (QED) is 0.771. The van der Waals surface area contributed by atoms with Crippen molar-refractivity contribution in [3.8, 4) is 5.75 Å². The molecular formula is C16H19ClN2O4S. The maximum absolute atomic E-state index is 12.4. The van der Waals surface area contributed by atoms with Gasteiger partial charge in [0.15, 0.2) is 5.82 Å². The number of rotatable bonds is 8. The van der Waals surface area contributed by atoms with E-state index in [1.807, 2.05) is 6.92 Å². The summed E-state index contributed by atoms with van der Waals surface area (Å²) >= 11 is 5.87. The molecule has 8 heteroatoms. The number of hydrogen-bond donors (Lipinski definition) is 1. The zero-order valence-electron chi connectivity index (χ0n) is 13.5. The van der Waals surface area contributed by atoms with Crippen LogP contribution in [0, 0.1) is 6.92 Å². The summed E-state index contributed by atoms with van der Waals surface area (Å²) in [5, 5.41) is 6.25. The molecule has 0 aliphatic carbocycles. The Labute approximate surface area is 148 Å². The summed E-state index contributed by atoms with van der Waals surface area (Å²) in [6.07, 6.45) is 0.451. The standard InChI is InChI=1S/C16H19ClN2O4S/c1-3-14(16(20)18-15-9-11(2)23-19-15)24(21)8-7-22-13-6-4-5-12(17)10-13/h4-6,9-10,14H,3,7-8H2,1-2H3,(H,18,19,20)/t14-,24-/m1/s1. The van der Waals surface area contributed by atoms with E-state index in [4.69, 9.17) is 20.9 Å². The van der Waals surface area contributed by atoms with Gasteiger partial charge in [-0.1, -0.05) is 29.7 Å². The third kappa shape index (κ3) is 5.35. The van der Waals surface area contributed by atoms with Crippen molar-refractivity contribution in [1.29, 1.82) is 0 Å². The smallest absolute Gasteiger partial charge is 0.241 e. The first-order chi connectivity index (χ1) is 11.5. The van der Waals surface area contributed by atoms with Crippen LogP contribution in [0.1, 0.15) is 19.1 Å². The molecule has 0 aliphatic rings. The molecule has 1 heterocycles. The topological polar surface area (TPSA) is 81.4 Å². The van der Waals surface area contributed by atoms with Crippen molar-refractivity contribution in [2.45, 2.75) is 25.5 Å². The highest BCUT2D eigenvalue weighted by Crippen LogP contribution is 2.17.